The highest BCUT2D eigenvalue weighted by molar-refractivity contribution is 5.80. The second-order valence-electron chi connectivity index (χ2n) is 19.3. The minimum absolute atomic E-state index is 0.117. The first-order valence-electron chi connectivity index (χ1n) is 28.2. The molecule has 0 bridgehead atoms. The molecule has 70 heavy (non-hydrogen) atoms. The van der Waals surface area contributed by atoms with Gasteiger partial charge >= 0.3 is 5.97 Å². The van der Waals surface area contributed by atoms with Crippen LogP contribution >= 0.6 is 0 Å². The standard InChI is InChI=1S/C59H103NO10/c1-4-7-10-13-16-19-22-25-26-27-29-31-34-37-40-43-46-52(63)58(67)60-50(51(62)45-42-39-36-33-30-24-21-18-15-12-9-6-3)49-68-59-57(56(66)55(65)53(48-61)69-59)70-54(64)47-44-41-38-35-32-28-23-20-17-14-11-8-5-2/h7,10,16,19,25-26,29,31,37,40,42,45,50-53,55-57,59,61-63,65-66H,4-6,8-9,11-15,17-18,20-24,27-28,30,32-36,38-39,41,43-44,46-49H2,1-3H3,(H,60,67)/b10-7-,19-16-,26-25-,31-29-,40-37-,45-42+. The van der Waals surface area contributed by atoms with Gasteiger partial charge in [0.15, 0.2) is 12.4 Å². The van der Waals surface area contributed by atoms with Crippen molar-refractivity contribution < 1.29 is 49.3 Å². The molecule has 11 nitrogen and oxygen atoms in total. The lowest BCUT2D eigenvalue weighted by atomic mass is 9.99. The van der Waals surface area contributed by atoms with Crippen LogP contribution in [0.25, 0.3) is 0 Å². The van der Waals surface area contributed by atoms with Gasteiger partial charge in [-0.2, -0.15) is 0 Å². The SMILES string of the molecule is CC/C=C\C/C=C\C/C=C\C/C=C\C/C=C\CCC(O)C(=O)NC(COC1OC(CO)C(O)C(O)C1OC(=O)CCCCCCCCCCCCCCC)C(O)/C=C/CCCCCCCCCCCC. The third kappa shape index (κ3) is 35.3. The maximum Gasteiger partial charge on any atom is 0.306 e. The monoisotopic (exact) mass is 986 g/mol. The van der Waals surface area contributed by atoms with E-state index in [4.69, 9.17) is 14.2 Å². The van der Waals surface area contributed by atoms with Crippen molar-refractivity contribution in [2.45, 2.75) is 275 Å². The first-order valence-corrected chi connectivity index (χ1v) is 28.2. The van der Waals surface area contributed by atoms with Crippen molar-refractivity contribution >= 4 is 11.9 Å². The molecule has 1 rings (SSSR count). The average molecular weight is 986 g/mol. The van der Waals surface area contributed by atoms with E-state index in [1.165, 1.54) is 103 Å². The van der Waals surface area contributed by atoms with E-state index in [0.29, 0.717) is 12.8 Å². The summed E-state index contributed by atoms with van der Waals surface area (Å²) in [6.07, 6.45) is 48.1. The van der Waals surface area contributed by atoms with Gasteiger partial charge < -0.3 is 45.1 Å². The van der Waals surface area contributed by atoms with Crippen LogP contribution in [0.3, 0.4) is 0 Å². The van der Waals surface area contributed by atoms with Crippen molar-refractivity contribution in [1.29, 1.82) is 0 Å². The number of nitrogens with one attached hydrogen (secondary N) is 1. The second kappa shape index (κ2) is 47.1. The molecule has 0 saturated carbocycles. The summed E-state index contributed by atoms with van der Waals surface area (Å²) in [4.78, 5) is 26.4. The molecule has 0 aliphatic carbocycles. The first-order chi connectivity index (χ1) is 34.2. The van der Waals surface area contributed by atoms with E-state index in [1.807, 2.05) is 18.2 Å². The third-order valence-corrected chi connectivity index (χ3v) is 12.9. The van der Waals surface area contributed by atoms with Crippen LogP contribution in [0.1, 0.15) is 226 Å². The van der Waals surface area contributed by atoms with Gasteiger partial charge in [-0.15, -0.1) is 0 Å². The van der Waals surface area contributed by atoms with Crippen LogP contribution in [0.15, 0.2) is 72.9 Å². The highest BCUT2D eigenvalue weighted by Crippen LogP contribution is 2.26. The lowest BCUT2D eigenvalue weighted by molar-refractivity contribution is -0.305. The second-order valence-corrected chi connectivity index (χ2v) is 19.3. The van der Waals surface area contributed by atoms with E-state index in [0.717, 1.165) is 77.0 Å². The zero-order chi connectivity index (χ0) is 51.1. The number of allylic oxidation sites excluding steroid dienone is 11. The van der Waals surface area contributed by atoms with Gasteiger partial charge in [-0.3, -0.25) is 9.59 Å². The van der Waals surface area contributed by atoms with Crippen LogP contribution in [0, 0.1) is 0 Å². The Morgan fingerprint density at radius 2 is 1.03 bits per heavy atom. The van der Waals surface area contributed by atoms with Crippen LogP contribution < -0.4 is 5.32 Å². The van der Waals surface area contributed by atoms with Gasteiger partial charge in [0.2, 0.25) is 5.91 Å². The largest absolute Gasteiger partial charge is 0.454 e. The van der Waals surface area contributed by atoms with Gasteiger partial charge in [-0.25, -0.2) is 0 Å². The summed E-state index contributed by atoms with van der Waals surface area (Å²) in [5.74, 6) is -1.26. The summed E-state index contributed by atoms with van der Waals surface area (Å²) < 4.78 is 17.5. The summed E-state index contributed by atoms with van der Waals surface area (Å²) in [6, 6.07) is -1.05. The molecular weight excluding hydrogens is 883 g/mol. The Morgan fingerprint density at radius 3 is 1.51 bits per heavy atom. The topological polar surface area (TPSA) is 175 Å². The Hall–Kier alpha value is -2.90. The predicted molar refractivity (Wildman–Crippen MR) is 287 cm³/mol. The summed E-state index contributed by atoms with van der Waals surface area (Å²) in [5, 5.41) is 56.7. The number of aliphatic hydroxyl groups excluding tert-OH is 5. The number of esters is 1. The number of aliphatic hydroxyl groups is 5. The summed E-state index contributed by atoms with van der Waals surface area (Å²) in [7, 11) is 0. The third-order valence-electron chi connectivity index (χ3n) is 12.9. The number of carbonyl (C=O) groups is 2. The van der Waals surface area contributed by atoms with E-state index in [1.54, 1.807) is 6.08 Å². The molecule has 0 spiro atoms. The lowest BCUT2D eigenvalue weighted by Gasteiger charge is -2.41. The molecule has 0 aromatic heterocycles. The number of hydrogen-bond acceptors (Lipinski definition) is 10. The molecule has 1 fully saturated rings. The molecule has 8 unspecified atom stereocenters. The molecule has 0 aromatic carbocycles. The fraction of sp³-hybridized carbons (Fsp3) is 0.763. The minimum Gasteiger partial charge on any atom is -0.454 e. The molecule has 1 heterocycles. The van der Waals surface area contributed by atoms with E-state index < -0.39 is 67.4 Å². The van der Waals surface area contributed by atoms with Crippen LogP contribution in [-0.2, 0) is 23.8 Å². The van der Waals surface area contributed by atoms with Gasteiger partial charge in [-0.1, -0.05) is 229 Å². The normalized spacial score (nSPS) is 20.3. The predicted octanol–water partition coefficient (Wildman–Crippen LogP) is 12.4. The van der Waals surface area contributed by atoms with Crippen molar-refractivity contribution in [3.8, 4) is 0 Å². The lowest BCUT2D eigenvalue weighted by Crippen LogP contribution is -2.61. The smallest absolute Gasteiger partial charge is 0.306 e. The summed E-state index contributed by atoms with van der Waals surface area (Å²) in [6.45, 7) is 5.61. The van der Waals surface area contributed by atoms with Gasteiger partial charge in [0, 0.05) is 6.42 Å². The van der Waals surface area contributed by atoms with Gasteiger partial charge in [0.25, 0.3) is 0 Å². The molecule has 1 aliphatic rings. The number of hydrogen-bond donors (Lipinski definition) is 6. The molecule has 8 atom stereocenters. The number of amides is 1. The Kier molecular flexibility index (Phi) is 43.8. The van der Waals surface area contributed by atoms with Gasteiger partial charge in [0.1, 0.15) is 24.4 Å². The quantitative estimate of drug-likeness (QED) is 0.0196. The Morgan fingerprint density at radius 1 is 0.571 bits per heavy atom. The highest BCUT2D eigenvalue weighted by Gasteiger charge is 2.47. The maximum atomic E-state index is 13.3. The van der Waals surface area contributed by atoms with Crippen LogP contribution in [0.4, 0.5) is 0 Å². The molecule has 404 valence electrons. The molecule has 6 N–H and O–H groups in total. The summed E-state index contributed by atoms with van der Waals surface area (Å²) >= 11 is 0. The van der Waals surface area contributed by atoms with E-state index in [-0.39, 0.29) is 19.4 Å². The van der Waals surface area contributed by atoms with E-state index in [9.17, 15) is 35.1 Å². The van der Waals surface area contributed by atoms with Crippen LogP contribution in [0.5, 0.6) is 0 Å². The van der Waals surface area contributed by atoms with Crippen molar-refractivity contribution in [2.24, 2.45) is 0 Å². The Bertz CT molecular complexity index is 1410. The maximum absolute atomic E-state index is 13.3. The summed E-state index contributed by atoms with van der Waals surface area (Å²) in [5.41, 5.74) is 0. The number of unbranched alkanes of at least 4 members (excludes halogenated alkanes) is 22. The molecule has 0 radical (unpaired) electrons. The molecule has 1 amide bonds. The van der Waals surface area contributed by atoms with E-state index in [2.05, 4.69) is 74.7 Å². The fourth-order valence-corrected chi connectivity index (χ4v) is 8.39. The van der Waals surface area contributed by atoms with Gasteiger partial charge in [-0.05, 0) is 64.2 Å². The van der Waals surface area contributed by atoms with Crippen molar-refractivity contribution in [3.05, 3.63) is 72.9 Å². The number of ether oxygens (including phenoxy) is 3. The van der Waals surface area contributed by atoms with E-state index >= 15 is 0 Å². The molecule has 11 heteroatoms. The highest BCUT2D eigenvalue weighted by atomic mass is 16.7. The zero-order valence-corrected chi connectivity index (χ0v) is 44.4. The zero-order valence-electron chi connectivity index (χ0n) is 44.4. The minimum atomic E-state index is -1.62. The van der Waals surface area contributed by atoms with Crippen molar-refractivity contribution in [1.82, 2.24) is 5.32 Å². The van der Waals surface area contributed by atoms with Crippen LogP contribution in [0.2, 0.25) is 0 Å². The Labute approximate surface area is 426 Å². The molecule has 1 saturated heterocycles. The molecule has 1 aliphatic heterocycles. The number of carbonyl (C=O) groups excluding carboxylic acids is 2. The van der Waals surface area contributed by atoms with Gasteiger partial charge in [0.05, 0.1) is 25.4 Å². The Balaban J connectivity index is 2.79. The number of rotatable bonds is 46. The average Bonchev–Trinajstić information content (AvgIpc) is 3.36. The molecular formula is C59H103NO10. The van der Waals surface area contributed by atoms with Crippen LogP contribution in [-0.4, -0.2) is 99.6 Å². The van der Waals surface area contributed by atoms with Crippen molar-refractivity contribution in [3.63, 3.8) is 0 Å². The first kappa shape index (κ1) is 65.1. The van der Waals surface area contributed by atoms with Crippen molar-refractivity contribution in [2.75, 3.05) is 13.2 Å². The molecule has 0 aromatic rings. The fourth-order valence-electron chi connectivity index (χ4n) is 8.39.